The fraction of sp³-hybridized carbons (Fsp3) is 0.368. The Labute approximate surface area is 277 Å². The van der Waals surface area contributed by atoms with Gasteiger partial charge >= 0.3 is 63.8 Å². The van der Waals surface area contributed by atoms with Crippen LogP contribution < -0.4 is 24.8 Å². The van der Waals surface area contributed by atoms with Gasteiger partial charge in [-0.05, 0) is 10.8 Å². The van der Waals surface area contributed by atoms with Crippen molar-refractivity contribution in [2.45, 2.75) is 80.1 Å². The summed E-state index contributed by atoms with van der Waals surface area (Å²) in [6.45, 7) is 22.4. The average Bonchev–Trinajstić information content (AvgIpc) is 3.42. The van der Waals surface area contributed by atoms with Crippen molar-refractivity contribution in [1.29, 1.82) is 0 Å². The molecule has 1 aliphatic rings. The van der Waals surface area contributed by atoms with E-state index in [1.165, 1.54) is 73.6 Å². The minimum absolute atomic E-state index is 0. The molecule has 1 aliphatic carbocycles. The first-order valence-electron chi connectivity index (χ1n) is 14.2. The van der Waals surface area contributed by atoms with Crippen molar-refractivity contribution in [2.24, 2.45) is 11.8 Å². The predicted octanol–water partition coefficient (Wildman–Crippen LogP) is 4.67. The van der Waals surface area contributed by atoms with E-state index < -0.39 is 0 Å². The summed E-state index contributed by atoms with van der Waals surface area (Å²) < 4.78 is 2.17. The van der Waals surface area contributed by atoms with Gasteiger partial charge in [-0.25, -0.2) is 5.57 Å². The van der Waals surface area contributed by atoms with Crippen LogP contribution in [0, 0.1) is 17.9 Å². The zero-order valence-electron chi connectivity index (χ0n) is 26.5. The van der Waals surface area contributed by atoms with E-state index in [4.69, 9.17) is 0 Å². The zero-order valence-corrected chi connectivity index (χ0v) is 30.5. The van der Waals surface area contributed by atoms with Gasteiger partial charge in [-0.1, -0.05) is 116 Å². The van der Waals surface area contributed by atoms with Gasteiger partial charge in [0.05, 0.1) is 0 Å². The van der Waals surface area contributed by atoms with E-state index in [9.17, 15) is 0 Å². The minimum atomic E-state index is 0. The molecular formula is C38H46Cl2Zr-2. The quantitative estimate of drug-likeness (QED) is 0.274. The Hall–Kier alpha value is -1.66. The van der Waals surface area contributed by atoms with E-state index in [0.717, 1.165) is 0 Å². The molecule has 0 radical (unpaired) electrons. The second-order valence-corrected chi connectivity index (χ2v) is 13.8. The van der Waals surface area contributed by atoms with E-state index in [2.05, 4.69) is 152 Å². The molecule has 0 saturated carbocycles. The van der Waals surface area contributed by atoms with Gasteiger partial charge in [0.2, 0.25) is 0 Å². The summed E-state index contributed by atoms with van der Waals surface area (Å²) in [4.78, 5) is 0. The second kappa shape index (κ2) is 15.7. The van der Waals surface area contributed by atoms with Crippen molar-refractivity contribution in [3.63, 3.8) is 0 Å². The number of hydrogen-bond donors (Lipinski definition) is 0. The Bertz CT molecular complexity index is 1400. The van der Waals surface area contributed by atoms with Crippen LogP contribution in [0.15, 0.2) is 90.0 Å². The fourth-order valence-corrected chi connectivity index (χ4v) is 5.46. The van der Waals surface area contributed by atoms with E-state index in [1.54, 1.807) is 0 Å². The maximum atomic E-state index is 3.37. The standard InChI is InChI=1S/C21H25.C10H15.C7H6.2ClH.Zr/c1-20(2,3)16-7-9-18-14(12-16)11-15-13-17(21(4,5)6)8-10-19(15)18;1-7(2)10-6-8(3)5-9(10)4;1-7-5-3-2-4-6-7;;;/h7-13H,1-6H3;6-8H,1-4H3;1-6H;2*1H;/q2*-1;;;;+2/p-2. The van der Waals surface area contributed by atoms with Gasteiger partial charge in [0.1, 0.15) is 0 Å². The summed E-state index contributed by atoms with van der Waals surface area (Å²) in [5.74, 6) is 1.20. The van der Waals surface area contributed by atoms with Crippen LogP contribution in [0.1, 0.15) is 85.9 Å². The number of allylic oxidation sites excluding steroid dienone is 4. The molecule has 0 spiro atoms. The third-order valence-electron chi connectivity index (χ3n) is 7.33. The van der Waals surface area contributed by atoms with E-state index >= 15 is 0 Å². The molecule has 0 nitrogen and oxygen atoms in total. The van der Waals surface area contributed by atoms with Crippen LogP contribution in [0.3, 0.4) is 0 Å². The average molecular weight is 665 g/mol. The maximum absolute atomic E-state index is 3.37. The Morgan fingerprint density at radius 1 is 0.780 bits per heavy atom. The molecule has 0 N–H and O–H groups in total. The van der Waals surface area contributed by atoms with Crippen molar-refractivity contribution < 1.29 is 49.0 Å². The Morgan fingerprint density at radius 3 is 1.54 bits per heavy atom. The molecule has 0 bridgehead atoms. The summed E-state index contributed by atoms with van der Waals surface area (Å²) >= 11 is 1.46. The van der Waals surface area contributed by atoms with Crippen molar-refractivity contribution in [2.75, 3.05) is 0 Å². The molecule has 5 rings (SSSR count). The number of fused-ring (bicyclic) bond motifs is 3. The summed E-state index contributed by atoms with van der Waals surface area (Å²) in [5, 5.41) is 5.48. The summed E-state index contributed by atoms with van der Waals surface area (Å²) in [6, 6.07) is 26.5. The van der Waals surface area contributed by atoms with Crippen molar-refractivity contribution in [3.8, 4) is 0 Å². The second-order valence-electron chi connectivity index (χ2n) is 13.1. The third-order valence-corrected chi connectivity index (χ3v) is 8.15. The van der Waals surface area contributed by atoms with Gasteiger partial charge in [0, 0.05) is 0 Å². The predicted molar refractivity (Wildman–Crippen MR) is 171 cm³/mol. The molecule has 0 aromatic heterocycles. The molecule has 1 unspecified atom stereocenters. The van der Waals surface area contributed by atoms with Gasteiger partial charge in [-0.15, -0.1) is 39.7 Å². The topological polar surface area (TPSA) is 0 Å². The SMILES string of the molecule is CC(C)(C)c1ccc2c(c1)[cH-]c1cc(C(C)(C)C)ccc12.CC1=[C-]C(C)C=C1C(C)C.[Cl-].[Cl-].[Zr+2]=[CH]c1ccccc1. The Kier molecular flexibility index (Phi) is 14.3. The summed E-state index contributed by atoms with van der Waals surface area (Å²) in [6.07, 6.45) is 5.68. The van der Waals surface area contributed by atoms with Crippen LogP contribution in [-0.4, -0.2) is 3.71 Å². The number of hydrogen-bond acceptors (Lipinski definition) is 0. The molecule has 0 aliphatic heterocycles. The molecule has 218 valence electrons. The van der Waals surface area contributed by atoms with E-state index in [-0.39, 0.29) is 35.6 Å². The molecule has 0 amide bonds. The molecule has 4 aromatic rings. The first kappa shape index (κ1) is 37.4. The molecule has 1 atom stereocenters. The van der Waals surface area contributed by atoms with Crippen LogP contribution in [0.25, 0.3) is 21.5 Å². The molecule has 3 heteroatoms. The van der Waals surface area contributed by atoms with E-state index in [1.807, 2.05) is 6.07 Å². The van der Waals surface area contributed by atoms with Crippen LogP contribution >= 0.6 is 0 Å². The van der Waals surface area contributed by atoms with Crippen molar-refractivity contribution in [3.05, 3.63) is 113 Å². The number of halogens is 2. The Balaban J connectivity index is 0.000000352. The van der Waals surface area contributed by atoms with Crippen LogP contribution in [0.4, 0.5) is 0 Å². The molecule has 0 heterocycles. The van der Waals surface area contributed by atoms with Gasteiger partial charge < -0.3 is 24.8 Å². The van der Waals surface area contributed by atoms with Crippen molar-refractivity contribution >= 4 is 25.3 Å². The number of benzene rings is 3. The summed E-state index contributed by atoms with van der Waals surface area (Å²) in [7, 11) is 0. The van der Waals surface area contributed by atoms with Gasteiger partial charge in [0.25, 0.3) is 0 Å². The van der Waals surface area contributed by atoms with Crippen LogP contribution in [-0.2, 0) is 35.1 Å². The third kappa shape index (κ3) is 10.2. The van der Waals surface area contributed by atoms with Crippen LogP contribution in [0.2, 0.25) is 0 Å². The van der Waals surface area contributed by atoms with Gasteiger partial charge in [-0.3, -0.25) is 6.08 Å². The van der Waals surface area contributed by atoms with Crippen molar-refractivity contribution in [1.82, 2.24) is 0 Å². The monoisotopic (exact) mass is 662 g/mol. The first-order valence-corrected chi connectivity index (χ1v) is 15.6. The molecule has 41 heavy (non-hydrogen) atoms. The van der Waals surface area contributed by atoms with E-state index in [0.29, 0.717) is 11.8 Å². The molecule has 0 fully saturated rings. The Morgan fingerprint density at radius 2 is 1.24 bits per heavy atom. The zero-order chi connectivity index (χ0) is 29.0. The summed E-state index contributed by atoms with van der Waals surface area (Å²) in [5.41, 5.74) is 7.37. The van der Waals surface area contributed by atoms with Gasteiger partial charge in [0.15, 0.2) is 0 Å². The van der Waals surface area contributed by atoms with Gasteiger partial charge in [-0.2, -0.15) is 11.6 Å². The molecule has 4 aromatic carbocycles. The fourth-order valence-electron chi connectivity index (χ4n) is 4.99. The van der Waals surface area contributed by atoms with Crippen LogP contribution in [0.5, 0.6) is 0 Å². The first-order chi connectivity index (χ1) is 18.2. The normalized spacial score (nSPS) is 14.6. The molecular weight excluding hydrogens is 619 g/mol. The number of rotatable bonds is 2. The molecule has 0 saturated heterocycles.